The number of methoxy groups -OCH3 is 1. The monoisotopic (exact) mass is 426 g/mol. The van der Waals surface area contributed by atoms with Gasteiger partial charge in [-0.15, -0.1) is 0 Å². The Bertz CT molecular complexity index is 909. The third-order valence-electron chi connectivity index (χ3n) is 4.20. The molecule has 8 heteroatoms. The third-order valence-corrected chi connectivity index (χ3v) is 4.20. The zero-order valence-corrected chi connectivity index (χ0v) is 17.8. The molecule has 2 aromatic carbocycles. The highest BCUT2D eigenvalue weighted by atomic mass is 16.5. The second-order valence-corrected chi connectivity index (χ2v) is 6.54. The van der Waals surface area contributed by atoms with Gasteiger partial charge in [-0.1, -0.05) is 30.3 Å². The number of carbonyl (C=O) groups is 3. The molecule has 0 saturated carbocycles. The highest BCUT2D eigenvalue weighted by Crippen LogP contribution is 2.15. The first-order valence-electron chi connectivity index (χ1n) is 9.79. The van der Waals surface area contributed by atoms with Crippen molar-refractivity contribution in [2.75, 3.05) is 13.7 Å². The standard InChI is InChI=1S/C23H26N2O6/c1-4-30-22(27)21(24-16(2)26)14-20(18-10-12-19(29-3)13-11-18)25-23(28)31-15-17-8-6-5-7-9-17/h5-13,21H,4,14-15H2,1-3H3,(H,24,26)/b25-20-/t21-/m0/s1. The Morgan fingerprint density at radius 1 is 1.00 bits per heavy atom. The van der Waals surface area contributed by atoms with Crippen LogP contribution in [0.1, 0.15) is 31.4 Å². The third kappa shape index (κ3) is 7.93. The van der Waals surface area contributed by atoms with E-state index in [-0.39, 0.29) is 25.3 Å². The first kappa shape index (κ1) is 23.6. The molecule has 0 radical (unpaired) electrons. The lowest BCUT2D eigenvalue weighted by Gasteiger charge is -2.17. The molecule has 2 aromatic rings. The van der Waals surface area contributed by atoms with Gasteiger partial charge in [0.15, 0.2) is 0 Å². The molecule has 0 aliphatic heterocycles. The Kier molecular flexibility index (Phi) is 9.22. The minimum Gasteiger partial charge on any atom is -0.497 e. The maximum Gasteiger partial charge on any atom is 0.434 e. The van der Waals surface area contributed by atoms with Gasteiger partial charge in [0.05, 0.1) is 19.4 Å². The Balaban J connectivity index is 2.27. The molecule has 0 saturated heterocycles. The van der Waals surface area contributed by atoms with Crippen LogP contribution in [0.3, 0.4) is 0 Å². The van der Waals surface area contributed by atoms with Gasteiger partial charge in [-0.05, 0) is 42.3 Å². The first-order chi connectivity index (χ1) is 14.9. The zero-order valence-electron chi connectivity index (χ0n) is 17.8. The van der Waals surface area contributed by atoms with Gasteiger partial charge in [-0.3, -0.25) is 4.79 Å². The fraction of sp³-hybridized carbons (Fsp3) is 0.304. The molecule has 2 rings (SSSR count). The summed E-state index contributed by atoms with van der Waals surface area (Å²) in [6.07, 6.45) is -0.856. The quantitative estimate of drug-likeness (QED) is 0.488. The predicted octanol–water partition coefficient (Wildman–Crippen LogP) is 3.28. The molecule has 164 valence electrons. The van der Waals surface area contributed by atoms with Crippen molar-refractivity contribution in [2.45, 2.75) is 32.9 Å². The van der Waals surface area contributed by atoms with Crippen LogP contribution in [0.2, 0.25) is 0 Å². The molecule has 0 unspecified atom stereocenters. The lowest BCUT2D eigenvalue weighted by Crippen LogP contribution is -2.42. The summed E-state index contributed by atoms with van der Waals surface area (Å²) in [5.74, 6) is -0.395. The number of rotatable bonds is 9. The van der Waals surface area contributed by atoms with Gasteiger partial charge < -0.3 is 19.5 Å². The maximum absolute atomic E-state index is 12.4. The summed E-state index contributed by atoms with van der Waals surface area (Å²) in [6.45, 7) is 3.18. The first-order valence-corrected chi connectivity index (χ1v) is 9.79. The summed E-state index contributed by atoms with van der Waals surface area (Å²) >= 11 is 0. The minimum atomic E-state index is -1.000. The number of aliphatic imine (C=N–C) groups is 1. The summed E-state index contributed by atoms with van der Waals surface area (Å²) in [4.78, 5) is 40.3. The molecule has 2 amide bonds. The molecule has 31 heavy (non-hydrogen) atoms. The Morgan fingerprint density at radius 2 is 1.68 bits per heavy atom. The molecule has 0 aromatic heterocycles. The van der Waals surface area contributed by atoms with Crippen LogP contribution in [0.5, 0.6) is 5.75 Å². The summed E-state index contributed by atoms with van der Waals surface area (Å²) < 4.78 is 15.4. The number of nitrogens with zero attached hydrogens (tertiary/aromatic N) is 1. The second kappa shape index (κ2) is 12.1. The number of esters is 1. The molecule has 0 bridgehead atoms. The van der Waals surface area contributed by atoms with E-state index in [9.17, 15) is 14.4 Å². The topological polar surface area (TPSA) is 103 Å². The largest absolute Gasteiger partial charge is 0.497 e. The van der Waals surface area contributed by atoms with Crippen LogP contribution in [-0.4, -0.2) is 43.4 Å². The van der Waals surface area contributed by atoms with Crippen LogP contribution in [0.25, 0.3) is 0 Å². The number of benzene rings is 2. The molecule has 0 fully saturated rings. The normalized spacial score (nSPS) is 11.9. The number of ether oxygens (including phenoxy) is 3. The van der Waals surface area contributed by atoms with Crippen LogP contribution in [0.4, 0.5) is 4.79 Å². The number of hydrogen-bond donors (Lipinski definition) is 1. The molecule has 1 atom stereocenters. The fourth-order valence-electron chi connectivity index (χ4n) is 2.75. The van der Waals surface area contributed by atoms with Crippen LogP contribution >= 0.6 is 0 Å². The highest BCUT2D eigenvalue weighted by Gasteiger charge is 2.24. The summed E-state index contributed by atoms with van der Waals surface area (Å²) in [6, 6.07) is 15.0. The lowest BCUT2D eigenvalue weighted by molar-refractivity contribution is -0.147. The fourth-order valence-corrected chi connectivity index (χ4v) is 2.75. The molecule has 0 aliphatic rings. The van der Waals surface area contributed by atoms with E-state index in [4.69, 9.17) is 14.2 Å². The van der Waals surface area contributed by atoms with Crippen molar-refractivity contribution in [3.63, 3.8) is 0 Å². The van der Waals surface area contributed by atoms with Gasteiger partial charge in [-0.2, -0.15) is 4.99 Å². The van der Waals surface area contributed by atoms with Crippen LogP contribution in [0, 0.1) is 0 Å². The number of nitrogens with one attached hydrogen (secondary N) is 1. The van der Waals surface area contributed by atoms with Gasteiger partial charge in [0, 0.05) is 13.3 Å². The molecule has 0 aliphatic carbocycles. The van der Waals surface area contributed by atoms with E-state index in [1.807, 2.05) is 30.3 Å². The van der Waals surface area contributed by atoms with Crippen LogP contribution in [0.15, 0.2) is 59.6 Å². The van der Waals surface area contributed by atoms with Gasteiger partial charge in [0.2, 0.25) is 5.91 Å². The Labute approximate surface area is 181 Å². The predicted molar refractivity (Wildman–Crippen MR) is 115 cm³/mol. The average molecular weight is 426 g/mol. The van der Waals surface area contributed by atoms with E-state index in [0.717, 1.165) is 5.56 Å². The van der Waals surface area contributed by atoms with Crippen molar-refractivity contribution in [1.82, 2.24) is 5.32 Å². The molecule has 8 nitrogen and oxygen atoms in total. The summed E-state index contributed by atoms with van der Waals surface area (Å²) in [5, 5.41) is 2.55. The Hall–Kier alpha value is -3.68. The maximum atomic E-state index is 12.4. The van der Waals surface area contributed by atoms with Crippen molar-refractivity contribution >= 4 is 23.7 Å². The van der Waals surface area contributed by atoms with Crippen molar-refractivity contribution in [1.29, 1.82) is 0 Å². The van der Waals surface area contributed by atoms with E-state index < -0.39 is 24.0 Å². The lowest BCUT2D eigenvalue weighted by atomic mass is 10.0. The number of carbonyl (C=O) groups excluding carboxylic acids is 3. The number of amides is 2. The van der Waals surface area contributed by atoms with E-state index in [2.05, 4.69) is 10.3 Å². The zero-order chi connectivity index (χ0) is 22.6. The molecule has 1 N–H and O–H groups in total. The van der Waals surface area contributed by atoms with Gasteiger partial charge >= 0.3 is 12.1 Å². The van der Waals surface area contributed by atoms with Crippen LogP contribution in [-0.2, 0) is 25.7 Å². The van der Waals surface area contributed by atoms with Crippen molar-refractivity contribution in [3.05, 3.63) is 65.7 Å². The minimum absolute atomic E-state index is 0.0504. The molecular weight excluding hydrogens is 400 g/mol. The van der Waals surface area contributed by atoms with Crippen molar-refractivity contribution < 1.29 is 28.6 Å². The van der Waals surface area contributed by atoms with Crippen molar-refractivity contribution in [3.8, 4) is 5.75 Å². The summed E-state index contributed by atoms with van der Waals surface area (Å²) in [5.41, 5.74) is 1.67. The van der Waals surface area contributed by atoms with E-state index in [1.54, 1.807) is 38.3 Å². The highest BCUT2D eigenvalue weighted by molar-refractivity contribution is 6.07. The van der Waals surface area contributed by atoms with Crippen LogP contribution < -0.4 is 10.1 Å². The molecule has 0 spiro atoms. The van der Waals surface area contributed by atoms with Gasteiger partial charge in [-0.25, -0.2) is 9.59 Å². The second-order valence-electron chi connectivity index (χ2n) is 6.54. The van der Waals surface area contributed by atoms with E-state index >= 15 is 0 Å². The van der Waals surface area contributed by atoms with Gasteiger partial charge in [0.1, 0.15) is 18.4 Å². The molecular formula is C23H26N2O6. The van der Waals surface area contributed by atoms with Crippen molar-refractivity contribution in [2.24, 2.45) is 4.99 Å². The smallest absolute Gasteiger partial charge is 0.434 e. The SMILES string of the molecule is CCOC(=O)[C@H](C/C(=N/C(=O)OCc1ccccc1)c1ccc(OC)cc1)NC(C)=O. The molecule has 0 heterocycles. The number of hydrogen-bond acceptors (Lipinski definition) is 6. The average Bonchev–Trinajstić information content (AvgIpc) is 2.77. The van der Waals surface area contributed by atoms with E-state index in [1.165, 1.54) is 6.92 Å². The Morgan fingerprint density at radius 3 is 2.26 bits per heavy atom. The summed E-state index contributed by atoms with van der Waals surface area (Å²) in [7, 11) is 1.54. The van der Waals surface area contributed by atoms with Gasteiger partial charge in [0.25, 0.3) is 0 Å². The van der Waals surface area contributed by atoms with E-state index in [0.29, 0.717) is 11.3 Å².